The van der Waals surface area contributed by atoms with Crippen molar-refractivity contribution in [1.29, 1.82) is 0 Å². The lowest BCUT2D eigenvalue weighted by Crippen LogP contribution is -2.42. The molecule has 0 aromatic rings. The van der Waals surface area contributed by atoms with Gasteiger partial charge in [0.1, 0.15) is 0 Å². The molecule has 10 nitrogen and oxygen atoms in total. The number of nitrogens with one attached hydrogen (secondary N) is 2. The van der Waals surface area contributed by atoms with Crippen molar-refractivity contribution >= 4 is 19.6 Å². The van der Waals surface area contributed by atoms with E-state index in [4.69, 9.17) is 14.0 Å². The molecule has 0 rings (SSSR count). The fourth-order valence-electron chi connectivity index (χ4n) is 6.78. The van der Waals surface area contributed by atoms with E-state index in [0.29, 0.717) is 25.9 Å². The largest absolute Gasteiger partial charge is 0.471 e. The van der Waals surface area contributed by atoms with Gasteiger partial charge in [-0.15, -0.1) is 0 Å². The smallest absolute Gasteiger partial charge is 0.377 e. The minimum absolute atomic E-state index is 0.00685. The van der Waals surface area contributed by atoms with Crippen LogP contribution in [-0.2, 0) is 32.7 Å². The highest BCUT2D eigenvalue weighted by atomic mass is 31.2. The summed E-state index contributed by atoms with van der Waals surface area (Å²) in [5.74, 6) is 0.0137. The molecule has 0 aliphatic rings. The normalized spacial score (nSPS) is 12.7. The molecule has 11 heteroatoms. The number of phosphoric ester groups is 1. The number of ether oxygens (including phenoxy) is 2. The molecule has 328 valence electrons. The zero-order valence-electron chi connectivity index (χ0n) is 36.2. The van der Waals surface area contributed by atoms with Crippen LogP contribution in [0, 0.1) is 0 Å². The highest BCUT2D eigenvalue weighted by Gasteiger charge is 2.18. The second-order valence-corrected chi connectivity index (χ2v) is 17.2. The zero-order chi connectivity index (χ0) is 40.3. The minimum Gasteiger partial charge on any atom is -0.377 e. The van der Waals surface area contributed by atoms with E-state index in [-0.39, 0.29) is 44.3 Å². The van der Waals surface area contributed by atoms with Gasteiger partial charge >= 0.3 is 7.82 Å². The lowest BCUT2D eigenvalue weighted by Gasteiger charge is -2.19. The van der Waals surface area contributed by atoms with E-state index in [1.54, 1.807) is 0 Å². The van der Waals surface area contributed by atoms with Crippen LogP contribution >= 0.6 is 7.82 Å². The number of carbonyl (C=O) groups is 2. The van der Waals surface area contributed by atoms with Crippen molar-refractivity contribution in [2.75, 3.05) is 46.6 Å². The van der Waals surface area contributed by atoms with Gasteiger partial charge in [0.25, 0.3) is 0 Å². The first-order chi connectivity index (χ1) is 26.8. The van der Waals surface area contributed by atoms with Gasteiger partial charge in [0.15, 0.2) is 0 Å². The van der Waals surface area contributed by atoms with Crippen LogP contribution in [0.1, 0.15) is 219 Å². The summed E-state index contributed by atoms with van der Waals surface area (Å²) in [5.41, 5.74) is 0. The molecule has 1 atom stereocenters. The molecule has 0 bridgehead atoms. The molecule has 0 aromatic carbocycles. The summed E-state index contributed by atoms with van der Waals surface area (Å²) in [6, 6.07) is 0. The Labute approximate surface area is 339 Å². The Morgan fingerprint density at radius 1 is 0.491 bits per heavy atom. The molecule has 0 saturated heterocycles. The SMILES string of the molecule is CCCCCCCCCCCCCCCCCC(=O)NCC(CNC(=O)CCCCCCCCCCCCCCCCC)OCCOCCOP(=O)(O)OC. The van der Waals surface area contributed by atoms with Crippen LogP contribution in [-0.4, -0.2) is 69.4 Å². The Balaban J connectivity index is 4.14. The monoisotopic (exact) mass is 805 g/mol. The molecule has 0 radical (unpaired) electrons. The van der Waals surface area contributed by atoms with E-state index < -0.39 is 7.82 Å². The van der Waals surface area contributed by atoms with Crippen LogP contribution in [0.25, 0.3) is 0 Å². The fourth-order valence-corrected chi connectivity index (χ4v) is 7.19. The van der Waals surface area contributed by atoms with Gasteiger partial charge in [-0.25, -0.2) is 4.57 Å². The first-order valence-corrected chi connectivity index (χ1v) is 24.6. The van der Waals surface area contributed by atoms with Crippen LogP contribution in [0.4, 0.5) is 0 Å². The Kier molecular flexibility index (Phi) is 41.8. The Morgan fingerprint density at radius 2 is 0.800 bits per heavy atom. The summed E-state index contributed by atoms with van der Waals surface area (Å²) in [6.07, 6.45) is 39.4. The number of hydrogen-bond donors (Lipinski definition) is 3. The average Bonchev–Trinajstić information content (AvgIpc) is 3.18. The lowest BCUT2D eigenvalue weighted by molar-refractivity contribution is -0.122. The predicted octanol–water partition coefficient (Wildman–Crippen LogP) is 11.9. The highest BCUT2D eigenvalue weighted by Crippen LogP contribution is 2.41. The third-order valence-electron chi connectivity index (χ3n) is 10.4. The second-order valence-electron chi connectivity index (χ2n) is 15.6. The standard InChI is InChI=1S/C44H89N2O8P/c1-4-6-8-10-12-14-16-18-20-22-24-26-28-30-32-34-43(47)45-40-42(53-38-36-52-37-39-54-55(49,50)51-3)41-46-44(48)35-33-31-29-27-25-23-21-19-17-15-13-11-9-7-5-2/h42H,4-41H2,1-3H3,(H,45,47)(H,46,48)(H,49,50). The van der Waals surface area contributed by atoms with Gasteiger partial charge < -0.3 is 25.0 Å². The number of unbranched alkanes of at least 4 members (excludes halogenated alkanes) is 28. The second kappa shape index (κ2) is 42.6. The van der Waals surface area contributed by atoms with Gasteiger partial charge in [0.2, 0.25) is 11.8 Å². The van der Waals surface area contributed by atoms with Gasteiger partial charge in [-0.3, -0.25) is 18.6 Å². The third-order valence-corrected chi connectivity index (χ3v) is 11.3. The number of amides is 2. The van der Waals surface area contributed by atoms with Crippen molar-refractivity contribution < 1.29 is 37.6 Å². The van der Waals surface area contributed by atoms with Crippen LogP contribution in [0.5, 0.6) is 0 Å². The van der Waals surface area contributed by atoms with E-state index in [9.17, 15) is 19.0 Å². The summed E-state index contributed by atoms with van der Waals surface area (Å²) in [5, 5.41) is 5.98. The Morgan fingerprint density at radius 3 is 1.13 bits per heavy atom. The molecule has 0 saturated carbocycles. The van der Waals surface area contributed by atoms with E-state index in [0.717, 1.165) is 32.8 Å². The maximum Gasteiger partial charge on any atom is 0.471 e. The Hall–Kier alpha value is -1.03. The molecular weight excluding hydrogens is 715 g/mol. The third kappa shape index (κ3) is 42.4. The number of phosphoric acid groups is 1. The first-order valence-electron chi connectivity index (χ1n) is 23.1. The molecule has 2 amide bonds. The summed E-state index contributed by atoms with van der Waals surface area (Å²) in [6.45, 7) is 5.65. The minimum atomic E-state index is -4.02. The van der Waals surface area contributed by atoms with E-state index in [1.165, 1.54) is 167 Å². The summed E-state index contributed by atoms with van der Waals surface area (Å²) in [4.78, 5) is 34.5. The topological polar surface area (TPSA) is 132 Å². The maximum atomic E-state index is 12.6. The summed E-state index contributed by atoms with van der Waals surface area (Å²) < 4.78 is 31.9. The van der Waals surface area contributed by atoms with Crippen molar-refractivity contribution in [3.05, 3.63) is 0 Å². The molecule has 0 spiro atoms. The van der Waals surface area contributed by atoms with Gasteiger partial charge in [-0.1, -0.05) is 194 Å². The molecule has 1 unspecified atom stereocenters. The van der Waals surface area contributed by atoms with Crippen molar-refractivity contribution in [2.45, 2.75) is 225 Å². The van der Waals surface area contributed by atoms with Gasteiger partial charge in [-0.05, 0) is 12.8 Å². The predicted molar refractivity (Wildman–Crippen MR) is 228 cm³/mol. The molecule has 55 heavy (non-hydrogen) atoms. The van der Waals surface area contributed by atoms with Crippen LogP contribution in [0.15, 0.2) is 0 Å². The van der Waals surface area contributed by atoms with Gasteiger partial charge in [0, 0.05) is 33.0 Å². The van der Waals surface area contributed by atoms with Crippen LogP contribution in [0.3, 0.4) is 0 Å². The van der Waals surface area contributed by atoms with Crippen molar-refractivity contribution in [3.63, 3.8) is 0 Å². The van der Waals surface area contributed by atoms with Crippen LogP contribution < -0.4 is 10.6 Å². The molecule has 0 heterocycles. The zero-order valence-corrected chi connectivity index (χ0v) is 37.1. The quantitative estimate of drug-likeness (QED) is 0.0409. The number of hydrogen-bond acceptors (Lipinski definition) is 7. The summed E-state index contributed by atoms with van der Waals surface area (Å²) in [7, 11) is -2.92. The van der Waals surface area contributed by atoms with Gasteiger partial charge in [0.05, 0.1) is 32.5 Å². The lowest BCUT2D eigenvalue weighted by atomic mass is 10.0. The average molecular weight is 805 g/mol. The maximum absolute atomic E-state index is 12.6. The molecule has 0 aliphatic heterocycles. The highest BCUT2D eigenvalue weighted by molar-refractivity contribution is 7.47. The van der Waals surface area contributed by atoms with Crippen molar-refractivity contribution in [3.8, 4) is 0 Å². The molecule has 0 aromatic heterocycles. The van der Waals surface area contributed by atoms with E-state index in [2.05, 4.69) is 29.0 Å². The van der Waals surface area contributed by atoms with Crippen molar-refractivity contribution in [2.24, 2.45) is 0 Å². The number of carbonyl (C=O) groups excluding carboxylic acids is 2. The van der Waals surface area contributed by atoms with E-state index >= 15 is 0 Å². The first kappa shape index (κ1) is 54.0. The van der Waals surface area contributed by atoms with E-state index in [1.807, 2.05) is 0 Å². The fraction of sp³-hybridized carbons (Fsp3) is 0.955. The summed E-state index contributed by atoms with van der Waals surface area (Å²) >= 11 is 0. The number of rotatable bonds is 45. The molecular formula is C44H89N2O8P. The molecule has 3 N–H and O–H groups in total. The Bertz CT molecular complexity index is 831. The molecule has 0 fully saturated rings. The van der Waals surface area contributed by atoms with Crippen molar-refractivity contribution in [1.82, 2.24) is 10.6 Å². The van der Waals surface area contributed by atoms with Crippen LogP contribution in [0.2, 0.25) is 0 Å². The molecule has 0 aliphatic carbocycles. The van der Waals surface area contributed by atoms with Gasteiger partial charge in [-0.2, -0.15) is 0 Å².